The van der Waals surface area contributed by atoms with Crippen LogP contribution >= 0.6 is 0 Å². The Labute approximate surface area is 183 Å². The van der Waals surface area contributed by atoms with Gasteiger partial charge in [-0.15, -0.1) is 0 Å². The molecule has 2 unspecified atom stereocenters. The lowest BCUT2D eigenvalue weighted by Gasteiger charge is -2.37. The van der Waals surface area contributed by atoms with Gasteiger partial charge >= 0.3 is 0 Å². The van der Waals surface area contributed by atoms with E-state index in [0.717, 1.165) is 50.4 Å². The number of nitrogens with zero attached hydrogens (tertiary/aromatic N) is 3. The van der Waals surface area contributed by atoms with Crippen LogP contribution in [0.15, 0.2) is 59.1 Å². The third-order valence-electron chi connectivity index (χ3n) is 6.04. The van der Waals surface area contributed by atoms with Crippen molar-refractivity contribution in [2.45, 2.75) is 45.6 Å². The van der Waals surface area contributed by atoms with Crippen LogP contribution in [0.1, 0.15) is 48.5 Å². The fourth-order valence-electron chi connectivity index (χ4n) is 4.47. The van der Waals surface area contributed by atoms with Gasteiger partial charge in [0.05, 0.1) is 0 Å². The molecule has 2 heterocycles. The molecule has 162 valence electrons. The van der Waals surface area contributed by atoms with E-state index in [9.17, 15) is 4.79 Å². The zero-order valence-corrected chi connectivity index (χ0v) is 18.3. The zero-order valence-electron chi connectivity index (χ0n) is 18.3. The first-order valence-electron chi connectivity index (χ1n) is 11.0. The molecule has 6 heteroatoms. The molecule has 0 saturated carbocycles. The molecule has 1 aromatic heterocycles. The Kier molecular flexibility index (Phi) is 6.77. The molecule has 3 aromatic rings. The largest absolute Gasteiger partial charge is 0.340 e. The Balaban J connectivity index is 1.42. The molecule has 6 nitrogen and oxygen atoms in total. The fraction of sp³-hybridized carbons (Fsp3) is 0.400. The molecule has 0 spiro atoms. The van der Waals surface area contributed by atoms with Crippen molar-refractivity contribution in [2.24, 2.45) is 5.92 Å². The first-order valence-corrected chi connectivity index (χ1v) is 11.0. The maximum atomic E-state index is 11.2. The smallest absolute Gasteiger partial charge is 0.223 e. The topological polar surface area (TPSA) is 71.3 Å². The second-order valence-electron chi connectivity index (χ2n) is 8.46. The second kappa shape index (κ2) is 9.88. The van der Waals surface area contributed by atoms with E-state index in [4.69, 9.17) is 4.52 Å². The van der Waals surface area contributed by atoms with Gasteiger partial charge < -0.3 is 9.84 Å². The third kappa shape index (κ3) is 5.79. The summed E-state index contributed by atoms with van der Waals surface area (Å²) in [6, 6.07) is 18.8. The summed E-state index contributed by atoms with van der Waals surface area (Å²) in [5.74, 6) is 2.22. The molecule has 4 rings (SSSR count). The Morgan fingerprint density at radius 3 is 2.58 bits per heavy atom. The Morgan fingerprint density at radius 1 is 1.13 bits per heavy atom. The lowest BCUT2D eigenvalue weighted by atomic mass is 9.81. The van der Waals surface area contributed by atoms with E-state index in [2.05, 4.69) is 62.8 Å². The maximum Gasteiger partial charge on any atom is 0.223 e. The van der Waals surface area contributed by atoms with Crippen molar-refractivity contribution < 1.29 is 9.32 Å². The Hall–Kier alpha value is -2.99. The monoisotopic (exact) mass is 418 g/mol. The van der Waals surface area contributed by atoms with Crippen LogP contribution in [-0.4, -0.2) is 34.0 Å². The van der Waals surface area contributed by atoms with Crippen molar-refractivity contribution >= 4 is 11.6 Å². The predicted octanol–water partition coefficient (Wildman–Crippen LogP) is 4.57. The van der Waals surface area contributed by atoms with Crippen molar-refractivity contribution in [2.75, 3.05) is 18.4 Å². The Bertz CT molecular complexity index is 984. The summed E-state index contributed by atoms with van der Waals surface area (Å²) in [6.45, 7) is 6.23. The molecule has 31 heavy (non-hydrogen) atoms. The van der Waals surface area contributed by atoms with Gasteiger partial charge in [0.25, 0.3) is 0 Å². The van der Waals surface area contributed by atoms with Gasteiger partial charge in [-0.05, 0) is 55.0 Å². The summed E-state index contributed by atoms with van der Waals surface area (Å²) in [4.78, 5) is 18.3. The molecular weight excluding hydrogens is 388 g/mol. The summed E-state index contributed by atoms with van der Waals surface area (Å²) in [6.07, 6.45) is 3.32. The van der Waals surface area contributed by atoms with E-state index in [-0.39, 0.29) is 11.8 Å². The molecule has 1 fully saturated rings. The van der Waals surface area contributed by atoms with E-state index >= 15 is 0 Å². The first-order chi connectivity index (χ1) is 15.1. The molecule has 0 aliphatic carbocycles. The molecule has 1 aliphatic rings. The molecular formula is C25H30N4O2. The number of piperidine rings is 1. The van der Waals surface area contributed by atoms with Crippen molar-refractivity contribution in [3.8, 4) is 0 Å². The minimum Gasteiger partial charge on any atom is -0.340 e. The highest BCUT2D eigenvalue weighted by Gasteiger charge is 2.33. The number of carbonyl (C=O) groups is 1. The minimum absolute atomic E-state index is 0.0522. The summed E-state index contributed by atoms with van der Waals surface area (Å²) >= 11 is 0. The van der Waals surface area contributed by atoms with Crippen LogP contribution in [-0.2, 0) is 17.8 Å². The number of hydrogen-bond acceptors (Lipinski definition) is 5. The number of rotatable bonds is 7. The number of nitrogens with one attached hydrogen (secondary N) is 1. The molecule has 2 atom stereocenters. The Morgan fingerprint density at radius 2 is 1.90 bits per heavy atom. The first kappa shape index (κ1) is 21.2. The highest BCUT2D eigenvalue weighted by molar-refractivity contribution is 5.88. The molecule has 1 amide bonds. The lowest BCUT2D eigenvalue weighted by Crippen LogP contribution is -2.39. The molecule has 0 bridgehead atoms. The summed E-state index contributed by atoms with van der Waals surface area (Å²) < 4.78 is 5.31. The SMILES string of the molecule is CC(=O)Nc1ccc(CN2CCC(CCc3ccccc3)C(c3noc(C)n3)C2)cc1. The van der Waals surface area contributed by atoms with E-state index in [1.54, 1.807) is 0 Å². The number of hydrogen-bond donors (Lipinski definition) is 1. The van der Waals surface area contributed by atoms with Crippen LogP contribution in [0.2, 0.25) is 0 Å². The van der Waals surface area contributed by atoms with E-state index in [0.29, 0.717) is 11.8 Å². The number of anilines is 1. The van der Waals surface area contributed by atoms with E-state index in [1.807, 2.05) is 19.1 Å². The molecule has 1 aliphatic heterocycles. The van der Waals surface area contributed by atoms with Crippen molar-refractivity contribution in [1.82, 2.24) is 15.0 Å². The van der Waals surface area contributed by atoms with Crippen LogP contribution < -0.4 is 5.32 Å². The van der Waals surface area contributed by atoms with Gasteiger partial charge in [-0.25, -0.2) is 0 Å². The molecule has 0 radical (unpaired) electrons. The highest BCUT2D eigenvalue weighted by atomic mass is 16.5. The number of aromatic nitrogens is 2. The number of likely N-dealkylation sites (tertiary alicyclic amines) is 1. The van der Waals surface area contributed by atoms with Crippen molar-refractivity contribution in [1.29, 1.82) is 0 Å². The van der Waals surface area contributed by atoms with Crippen molar-refractivity contribution in [3.63, 3.8) is 0 Å². The number of aryl methyl sites for hydroxylation is 2. The summed E-state index contributed by atoms with van der Waals surface area (Å²) in [5.41, 5.74) is 3.45. The van der Waals surface area contributed by atoms with Crippen LogP contribution in [0.4, 0.5) is 5.69 Å². The van der Waals surface area contributed by atoms with Gasteiger partial charge in [-0.1, -0.05) is 47.6 Å². The molecule has 1 N–H and O–H groups in total. The normalized spacial score (nSPS) is 19.3. The standard InChI is InChI=1S/C25H30N4O2/c1-18(30)26-23-12-9-21(10-13-23)16-29-15-14-22(11-8-20-6-4-3-5-7-20)24(17-29)25-27-19(2)31-28-25/h3-7,9-10,12-13,22,24H,8,11,14-17H2,1-2H3,(H,26,30). The third-order valence-corrected chi connectivity index (χ3v) is 6.04. The van der Waals surface area contributed by atoms with Crippen LogP contribution in [0, 0.1) is 12.8 Å². The van der Waals surface area contributed by atoms with Crippen molar-refractivity contribution in [3.05, 3.63) is 77.4 Å². The van der Waals surface area contributed by atoms with Crippen LogP contribution in [0.5, 0.6) is 0 Å². The highest BCUT2D eigenvalue weighted by Crippen LogP contribution is 2.35. The average Bonchev–Trinajstić information content (AvgIpc) is 3.21. The van der Waals surface area contributed by atoms with Gasteiger partial charge in [0.15, 0.2) is 5.82 Å². The van der Waals surface area contributed by atoms with Gasteiger partial charge in [0, 0.05) is 38.5 Å². The second-order valence-corrected chi connectivity index (χ2v) is 8.46. The number of carbonyl (C=O) groups excluding carboxylic acids is 1. The van der Waals surface area contributed by atoms with Gasteiger partial charge in [0.2, 0.25) is 11.8 Å². The number of benzene rings is 2. The van der Waals surface area contributed by atoms with Gasteiger partial charge in [0.1, 0.15) is 0 Å². The summed E-state index contributed by atoms with van der Waals surface area (Å²) in [5, 5.41) is 7.09. The fourth-order valence-corrected chi connectivity index (χ4v) is 4.47. The van der Waals surface area contributed by atoms with E-state index < -0.39 is 0 Å². The van der Waals surface area contributed by atoms with Crippen LogP contribution in [0.3, 0.4) is 0 Å². The van der Waals surface area contributed by atoms with E-state index in [1.165, 1.54) is 18.1 Å². The van der Waals surface area contributed by atoms with Crippen LogP contribution in [0.25, 0.3) is 0 Å². The van der Waals surface area contributed by atoms with Gasteiger partial charge in [-0.2, -0.15) is 4.98 Å². The maximum absolute atomic E-state index is 11.2. The summed E-state index contributed by atoms with van der Waals surface area (Å²) in [7, 11) is 0. The molecule has 2 aromatic carbocycles. The lowest BCUT2D eigenvalue weighted by molar-refractivity contribution is -0.114. The average molecular weight is 419 g/mol. The zero-order chi connectivity index (χ0) is 21.6. The minimum atomic E-state index is -0.0522. The predicted molar refractivity (Wildman–Crippen MR) is 121 cm³/mol. The molecule has 1 saturated heterocycles. The van der Waals surface area contributed by atoms with Gasteiger partial charge in [-0.3, -0.25) is 9.69 Å². The quantitative estimate of drug-likeness (QED) is 0.608. The number of amides is 1.